The third-order valence-electron chi connectivity index (χ3n) is 3.52. The molecule has 2 heterocycles. The normalized spacial score (nSPS) is 10.5. The second kappa shape index (κ2) is 7.92. The first-order chi connectivity index (χ1) is 12.6. The number of nitrogens with one attached hydrogen (secondary N) is 1. The molecule has 0 atom stereocenters. The first-order valence-corrected chi connectivity index (χ1v) is 8.80. The minimum Gasteiger partial charge on any atom is -0.491 e. The van der Waals surface area contributed by atoms with Crippen LogP contribution in [0.3, 0.4) is 0 Å². The molecular weight excluding hydrogens is 354 g/mol. The van der Waals surface area contributed by atoms with Crippen LogP contribution in [0.15, 0.2) is 36.8 Å². The Labute approximate surface area is 154 Å². The van der Waals surface area contributed by atoms with Gasteiger partial charge in [-0.15, -0.1) is 11.3 Å². The predicted octanol–water partition coefficient (Wildman–Crippen LogP) is 3.52. The van der Waals surface area contributed by atoms with Gasteiger partial charge in [0.05, 0.1) is 19.9 Å². The summed E-state index contributed by atoms with van der Waals surface area (Å²) >= 11 is 1.30. The summed E-state index contributed by atoms with van der Waals surface area (Å²) in [6.07, 6.45) is 5.15. The number of esters is 1. The predicted molar refractivity (Wildman–Crippen MR) is 98.9 cm³/mol. The molecule has 1 N–H and O–H groups in total. The van der Waals surface area contributed by atoms with Crippen LogP contribution in [0, 0.1) is 0 Å². The van der Waals surface area contributed by atoms with Crippen LogP contribution < -0.4 is 10.1 Å². The van der Waals surface area contributed by atoms with Crippen molar-refractivity contribution in [3.05, 3.63) is 47.4 Å². The van der Waals surface area contributed by atoms with E-state index in [1.807, 2.05) is 13.0 Å². The van der Waals surface area contributed by atoms with Gasteiger partial charge in [0.2, 0.25) is 0 Å². The number of amides is 1. The van der Waals surface area contributed by atoms with Gasteiger partial charge in [0.1, 0.15) is 5.69 Å². The molecule has 0 aliphatic heterocycles. The minimum absolute atomic E-state index is 0.218. The number of carbonyl (C=O) groups is 2. The molecule has 8 heteroatoms. The topological polar surface area (TPSA) is 90.4 Å². The van der Waals surface area contributed by atoms with Gasteiger partial charge in [0.25, 0.3) is 5.91 Å². The maximum atomic E-state index is 12.3. The van der Waals surface area contributed by atoms with Crippen molar-refractivity contribution in [2.24, 2.45) is 0 Å². The number of rotatable bonds is 6. The zero-order valence-electron chi connectivity index (χ0n) is 14.3. The van der Waals surface area contributed by atoms with Crippen LogP contribution in [0.25, 0.3) is 10.1 Å². The molecule has 3 rings (SSSR count). The molecule has 1 aromatic carbocycles. The van der Waals surface area contributed by atoms with Gasteiger partial charge in [0.15, 0.2) is 10.6 Å². The summed E-state index contributed by atoms with van der Waals surface area (Å²) < 4.78 is 11.5. The average Bonchev–Trinajstić information content (AvgIpc) is 3.04. The molecule has 134 valence electrons. The maximum Gasteiger partial charge on any atom is 0.351 e. The molecule has 26 heavy (non-hydrogen) atoms. The summed E-state index contributed by atoms with van der Waals surface area (Å²) in [4.78, 5) is 32.6. The molecule has 0 bridgehead atoms. The summed E-state index contributed by atoms with van der Waals surface area (Å²) in [7, 11) is 1.34. The van der Waals surface area contributed by atoms with E-state index >= 15 is 0 Å². The Bertz CT molecular complexity index is 940. The third kappa shape index (κ3) is 3.65. The van der Waals surface area contributed by atoms with Crippen molar-refractivity contribution in [3.8, 4) is 5.75 Å². The van der Waals surface area contributed by atoms with Gasteiger partial charge in [-0.2, -0.15) is 0 Å². The van der Waals surface area contributed by atoms with Crippen LogP contribution in [0.1, 0.15) is 33.5 Å². The van der Waals surface area contributed by atoms with Crippen LogP contribution in [-0.4, -0.2) is 35.6 Å². The minimum atomic E-state index is -0.442. The zero-order chi connectivity index (χ0) is 18.5. The average molecular weight is 371 g/mol. The van der Waals surface area contributed by atoms with Crippen LogP contribution in [0.4, 0.5) is 5.69 Å². The number of anilines is 1. The van der Waals surface area contributed by atoms with Crippen LogP contribution in [0.5, 0.6) is 5.75 Å². The number of hydrogen-bond acceptors (Lipinski definition) is 7. The highest BCUT2D eigenvalue weighted by molar-refractivity contribution is 7.21. The Balaban J connectivity index is 1.96. The van der Waals surface area contributed by atoms with E-state index in [-0.39, 0.29) is 11.6 Å². The number of aromatic nitrogens is 2. The van der Waals surface area contributed by atoms with Gasteiger partial charge >= 0.3 is 5.97 Å². The number of hydrogen-bond donors (Lipinski definition) is 1. The molecule has 0 aliphatic carbocycles. The lowest BCUT2D eigenvalue weighted by molar-refractivity contribution is 0.0602. The van der Waals surface area contributed by atoms with E-state index in [1.165, 1.54) is 37.0 Å². The van der Waals surface area contributed by atoms with E-state index in [9.17, 15) is 9.59 Å². The second-order valence-electron chi connectivity index (χ2n) is 5.36. The van der Waals surface area contributed by atoms with E-state index in [4.69, 9.17) is 9.47 Å². The van der Waals surface area contributed by atoms with E-state index in [0.29, 0.717) is 22.9 Å². The van der Waals surface area contributed by atoms with Crippen LogP contribution in [-0.2, 0) is 4.74 Å². The van der Waals surface area contributed by atoms with Gasteiger partial charge in [0, 0.05) is 28.2 Å². The fourth-order valence-corrected chi connectivity index (χ4v) is 3.38. The molecule has 0 unspecified atom stereocenters. The van der Waals surface area contributed by atoms with E-state index in [0.717, 1.165) is 16.5 Å². The van der Waals surface area contributed by atoms with Crippen molar-refractivity contribution < 1.29 is 19.1 Å². The summed E-state index contributed by atoms with van der Waals surface area (Å²) in [5.41, 5.74) is 0.791. The molecule has 0 fully saturated rings. The van der Waals surface area contributed by atoms with Gasteiger partial charge in [-0.25, -0.2) is 9.78 Å². The number of carbonyl (C=O) groups excluding carboxylic acids is 2. The molecule has 0 saturated carbocycles. The van der Waals surface area contributed by atoms with E-state index in [1.54, 1.807) is 12.1 Å². The number of nitrogens with zero attached hydrogens (tertiary/aromatic N) is 2. The lowest BCUT2D eigenvalue weighted by atomic mass is 10.2. The number of thiophene rings is 1. The van der Waals surface area contributed by atoms with Crippen molar-refractivity contribution >= 4 is 39.0 Å². The highest BCUT2D eigenvalue weighted by Gasteiger charge is 2.21. The fourth-order valence-electron chi connectivity index (χ4n) is 2.34. The van der Waals surface area contributed by atoms with Crippen molar-refractivity contribution in [3.63, 3.8) is 0 Å². The van der Waals surface area contributed by atoms with Crippen LogP contribution in [0.2, 0.25) is 0 Å². The van der Waals surface area contributed by atoms with Gasteiger partial charge in [-0.05, 0) is 24.6 Å². The van der Waals surface area contributed by atoms with E-state index < -0.39 is 5.97 Å². The maximum absolute atomic E-state index is 12.3. The lowest BCUT2D eigenvalue weighted by Crippen LogP contribution is -2.13. The summed E-state index contributed by atoms with van der Waals surface area (Å²) in [5.74, 6) is -0.325. The first-order valence-electron chi connectivity index (χ1n) is 7.99. The molecule has 2 aromatic heterocycles. The third-order valence-corrected chi connectivity index (χ3v) is 4.65. The van der Waals surface area contributed by atoms with Crippen molar-refractivity contribution in [2.45, 2.75) is 13.3 Å². The van der Waals surface area contributed by atoms with Crippen molar-refractivity contribution in [2.75, 3.05) is 19.0 Å². The Kier molecular flexibility index (Phi) is 5.43. The highest BCUT2D eigenvalue weighted by Crippen LogP contribution is 2.39. The molecule has 0 radical (unpaired) electrons. The van der Waals surface area contributed by atoms with Crippen molar-refractivity contribution in [1.82, 2.24) is 9.97 Å². The summed E-state index contributed by atoms with van der Waals surface area (Å²) in [5, 5.41) is 3.53. The quantitative estimate of drug-likeness (QED) is 0.667. The molecule has 1 amide bonds. The Morgan fingerprint density at radius 1 is 1.27 bits per heavy atom. The molecule has 0 saturated heterocycles. The molecule has 7 nitrogen and oxygen atoms in total. The standard InChI is InChI=1S/C18H17N3O4S/c1-3-8-25-15-12-9-11(21-17(22)13-10-19-6-7-20-13)4-5-14(12)26-16(15)18(23)24-2/h4-7,9-10H,3,8H2,1-2H3,(H,21,22). The number of benzene rings is 1. The molecule has 0 spiro atoms. The largest absolute Gasteiger partial charge is 0.491 e. The van der Waals surface area contributed by atoms with Gasteiger partial charge in [-0.3, -0.25) is 9.78 Å². The molecular formula is C18H17N3O4S. The Hall–Kier alpha value is -3.00. The second-order valence-corrected chi connectivity index (χ2v) is 6.41. The fraction of sp³-hybridized carbons (Fsp3) is 0.222. The van der Waals surface area contributed by atoms with Crippen molar-refractivity contribution in [1.29, 1.82) is 0 Å². The number of fused-ring (bicyclic) bond motifs is 1. The number of methoxy groups -OCH3 is 1. The van der Waals surface area contributed by atoms with E-state index in [2.05, 4.69) is 15.3 Å². The zero-order valence-corrected chi connectivity index (χ0v) is 15.1. The summed E-state index contributed by atoms with van der Waals surface area (Å²) in [6.45, 7) is 2.46. The highest BCUT2D eigenvalue weighted by atomic mass is 32.1. The van der Waals surface area contributed by atoms with Crippen LogP contribution >= 0.6 is 11.3 Å². The van der Waals surface area contributed by atoms with Gasteiger partial charge in [-0.1, -0.05) is 6.92 Å². The lowest BCUT2D eigenvalue weighted by Gasteiger charge is -2.07. The van der Waals surface area contributed by atoms with Gasteiger partial charge < -0.3 is 14.8 Å². The monoisotopic (exact) mass is 371 g/mol. The Morgan fingerprint density at radius 2 is 2.12 bits per heavy atom. The molecule has 3 aromatic rings. The molecule has 0 aliphatic rings. The number of ether oxygens (including phenoxy) is 2. The Morgan fingerprint density at radius 3 is 2.81 bits per heavy atom. The SMILES string of the molecule is CCCOc1c(C(=O)OC)sc2ccc(NC(=O)c3cnccn3)cc12. The summed E-state index contributed by atoms with van der Waals surface area (Å²) in [6, 6.07) is 5.37. The smallest absolute Gasteiger partial charge is 0.351 e. The first kappa shape index (κ1) is 17.8.